The zero-order valence-electron chi connectivity index (χ0n) is 3.52. The topological polar surface area (TPSA) is 150 Å². The van der Waals surface area contributed by atoms with Crippen LogP contribution in [0.2, 0.25) is 0 Å². The third kappa shape index (κ3) is 93.7. The maximum atomic E-state index is 0. The fraction of sp³-hybridized carbons (Fsp3) is 0. The fourth-order valence-electron chi connectivity index (χ4n) is 0. The maximum Gasteiger partial charge on any atom is 3.00 e. The summed E-state index contributed by atoms with van der Waals surface area (Å²) in [5.41, 5.74) is 0. The molecule has 0 aliphatic carbocycles. The van der Waals surface area contributed by atoms with E-state index in [4.69, 9.17) is 0 Å². The van der Waals surface area contributed by atoms with E-state index >= 15 is 0 Å². The van der Waals surface area contributed by atoms with Gasteiger partial charge in [0.15, 0.2) is 0 Å². The van der Waals surface area contributed by atoms with Gasteiger partial charge in [-0.2, -0.15) is 0 Å². The third-order valence-electron chi connectivity index (χ3n) is 0. The molecule has 0 aliphatic heterocycles. The van der Waals surface area contributed by atoms with Crippen LogP contribution in [-0.4, -0.2) is 53.2 Å². The monoisotopic (exact) mass is 314 g/mol. The molecule has 0 amide bonds. The summed E-state index contributed by atoms with van der Waals surface area (Å²) in [6, 6.07) is 0. The molecule has 0 saturated heterocycles. The normalized spacial score (nSPS) is 0. The number of hydrogen-bond acceptors (Lipinski definition) is 5. The second kappa shape index (κ2) is 130. The van der Waals surface area contributed by atoms with Crippen LogP contribution < -0.4 is 0 Å². The fourth-order valence-corrected chi connectivity index (χ4v) is 0. The van der Waals surface area contributed by atoms with Crippen LogP contribution in [0.3, 0.4) is 0 Å². The summed E-state index contributed by atoms with van der Waals surface area (Å²) >= 11 is 0. The summed E-state index contributed by atoms with van der Waals surface area (Å²) in [6.07, 6.45) is 0. The van der Waals surface area contributed by atoms with Gasteiger partial charge in [-0.25, -0.2) is 0 Å². The van der Waals surface area contributed by atoms with Crippen LogP contribution in [0.1, 0.15) is 0 Å². The Hall–Kier alpha value is 1.59. The van der Waals surface area contributed by atoms with Crippen LogP contribution in [0.25, 0.3) is 0 Å². The van der Waals surface area contributed by atoms with Crippen molar-refractivity contribution in [2.45, 2.75) is 0 Å². The minimum Gasteiger partial charge on any atom is -0.870 e. The quantitative estimate of drug-likeness (QED) is 0.511. The van der Waals surface area contributed by atoms with E-state index in [1.807, 2.05) is 0 Å². The van der Waals surface area contributed by atoms with Crippen molar-refractivity contribution >= 4 is 25.8 Å². The van der Waals surface area contributed by atoms with Gasteiger partial charge < -0.3 is 27.4 Å². The predicted molar refractivity (Wildman–Crippen MR) is 15.4 cm³/mol. The summed E-state index contributed by atoms with van der Waals surface area (Å²) in [6.45, 7) is 0. The minimum atomic E-state index is 0. The van der Waals surface area contributed by atoms with E-state index in [0.717, 1.165) is 0 Å². The summed E-state index contributed by atoms with van der Waals surface area (Å²) in [7, 11) is 0. The second-order valence-electron chi connectivity index (χ2n) is 0. The molecule has 5 nitrogen and oxygen atoms in total. The van der Waals surface area contributed by atoms with Crippen molar-refractivity contribution in [3.8, 4) is 0 Å². The van der Waals surface area contributed by atoms with E-state index in [-0.39, 0.29) is 80.5 Å². The van der Waals surface area contributed by atoms with Gasteiger partial charge in [0.05, 0.1) is 0 Å². The average Bonchev–Trinajstić information content (AvgIpc) is 0. The first kappa shape index (κ1) is 195. The van der Waals surface area contributed by atoms with Gasteiger partial charge in [-0.1, -0.05) is 0 Å². The minimum absolute atomic E-state index is 0. The number of hydrogen-bond donors (Lipinski definition) is 0. The zero-order valence-corrected chi connectivity index (χ0v) is 10.9. The van der Waals surface area contributed by atoms with Gasteiger partial charge in [0.25, 0.3) is 0 Å². The number of rotatable bonds is 0. The Balaban J connectivity index is 0. The van der Waals surface area contributed by atoms with Crippen LogP contribution in [0.4, 0.5) is 0 Å². The van der Waals surface area contributed by atoms with Crippen LogP contribution >= 0.6 is 0 Å². The molecule has 0 aromatic carbocycles. The molecule has 0 aliphatic rings. The van der Waals surface area contributed by atoms with Gasteiger partial charge in [0, 0.05) is 0 Å². The Morgan fingerprint density at radius 2 is 0.429 bits per heavy atom. The molecule has 0 rings (SSSR count). The Morgan fingerprint density at radius 3 is 0.429 bits per heavy atom. The van der Waals surface area contributed by atoms with Gasteiger partial charge in [0.1, 0.15) is 0 Å². The first-order valence-electron chi connectivity index (χ1n) is 0. The zero-order chi connectivity index (χ0) is 0. The predicted octanol–water partition coefficient (Wildman–Crippen LogP) is -1.27. The van der Waals surface area contributed by atoms with Crippen molar-refractivity contribution in [3.63, 3.8) is 0 Å². The van der Waals surface area contributed by atoms with Gasteiger partial charge in [-0.05, 0) is 0 Å². The molecule has 0 radical (unpaired) electrons. The molecular weight excluding hydrogens is 307 g/mol. The average molecular weight is 312 g/mol. The Kier molecular flexibility index (Phi) is 3630. The van der Waals surface area contributed by atoms with E-state index in [1.165, 1.54) is 0 Å². The van der Waals surface area contributed by atoms with E-state index in [0.29, 0.717) is 0 Å². The molecule has 0 heterocycles. The van der Waals surface area contributed by atoms with Crippen molar-refractivity contribution in [2.75, 3.05) is 0 Å². The Morgan fingerprint density at radius 1 is 0.429 bits per heavy atom. The molecule has 0 spiro atoms. The van der Waals surface area contributed by atoms with Gasteiger partial charge >= 0.3 is 53.1 Å². The summed E-state index contributed by atoms with van der Waals surface area (Å²) in [4.78, 5) is 0. The largest absolute Gasteiger partial charge is 3.00 e. The van der Waals surface area contributed by atoms with Gasteiger partial charge in [-0.15, -0.1) is 0 Å². The maximum absolute atomic E-state index is 0. The molecule has 0 atom stereocenters. The first-order valence-corrected chi connectivity index (χ1v) is 0. The molecule has 0 aromatic rings. The Labute approximate surface area is 80.0 Å². The molecule has 0 saturated carbocycles. The summed E-state index contributed by atoms with van der Waals surface area (Å²) in [5, 5.41) is 0. The second-order valence-corrected chi connectivity index (χ2v) is 0. The van der Waals surface area contributed by atoms with E-state index in [9.17, 15) is 0 Å². The molecule has 5 N–H and O–H groups in total. The van der Waals surface area contributed by atoms with Crippen molar-refractivity contribution in [1.82, 2.24) is 0 Å². The molecule has 7 heavy (non-hydrogen) atoms. The summed E-state index contributed by atoms with van der Waals surface area (Å²) < 4.78 is 0. The first-order chi connectivity index (χ1) is 0. The molecule has 7 heteroatoms. The molecule has 40 valence electrons. The molecular formula is H5CdInO5. The third-order valence-corrected chi connectivity index (χ3v) is 0. The standard InChI is InChI=1S/Cd.In.5H2O/h;;5*1H2/q+2;+3;;;;;/p-5. The van der Waals surface area contributed by atoms with E-state index < -0.39 is 0 Å². The summed E-state index contributed by atoms with van der Waals surface area (Å²) in [5.74, 6) is 0. The van der Waals surface area contributed by atoms with Crippen molar-refractivity contribution in [1.29, 1.82) is 0 Å². The van der Waals surface area contributed by atoms with Gasteiger partial charge in [0.2, 0.25) is 0 Å². The Bertz CT molecular complexity index is 8.04. The van der Waals surface area contributed by atoms with E-state index in [2.05, 4.69) is 0 Å². The molecule has 0 bridgehead atoms. The van der Waals surface area contributed by atoms with Crippen LogP contribution in [0, 0.1) is 0 Å². The smallest absolute Gasteiger partial charge is 0.870 e. The molecule has 0 unspecified atom stereocenters. The van der Waals surface area contributed by atoms with Crippen LogP contribution in [0.15, 0.2) is 0 Å². The van der Waals surface area contributed by atoms with Crippen LogP contribution in [0.5, 0.6) is 0 Å². The van der Waals surface area contributed by atoms with Crippen molar-refractivity contribution in [2.24, 2.45) is 0 Å². The van der Waals surface area contributed by atoms with E-state index in [1.54, 1.807) is 0 Å². The van der Waals surface area contributed by atoms with Crippen LogP contribution in [-0.2, 0) is 27.3 Å². The van der Waals surface area contributed by atoms with Crippen molar-refractivity contribution < 1.29 is 54.7 Å². The molecule has 0 fully saturated rings. The van der Waals surface area contributed by atoms with Crippen molar-refractivity contribution in [3.05, 3.63) is 0 Å². The molecule has 0 aromatic heterocycles. The SMILES string of the molecule is [Cd+2].[In+3].[OH-].[OH-].[OH-].[OH-].[OH-]. The van der Waals surface area contributed by atoms with Gasteiger partial charge in [-0.3, -0.25) is 0 Å².